The zero-order valence-electron chi connectivity index (χ0n) is 22.9. The second kappa shape index (κ2) is 12.0. The van der Waals surface area contributed by atoms with Crippen LogP contribution in [0.15, 0.2) is 85.2 Å². The number of carboxylic acid groups (broad SMARTS) is 1. The summed E-state index contributed by atoms with van der Waals surface area (Å²) < 4.78 is 0. The van der Waals surface area contributed by atoms with Crippen molar-refractivity contribution < 1.29 is 14.7 Å². The first kappa shape index (κ1) is 27.7. The molecule has 0 radical (unpaired) electrons. The zero-order chi connectivity index (χ0) is 28.0. The van der Waals surface area contributed by atoms with Gasteiger partial charge in [-0.25, -0.2) is 14.8 Å². The standard InChI is InChI=1S/C33H35N3O3/c1-5-6-22-7-13-26(14-8-22)31(37)36-29(32(38)39)19-23-9-11-25(12-10-23)30-34-20-27(21-35-30)24-15-17-28(18-16-24)33(2,3)4/h7-18,20-21,29H,5-6,19H2,1-4H3,(H,36,37)(H,38,39). The van der Waals surface area contributed by atoms with E-state index in [1.807, 2.05) is 48.8 Å². The van der Waals surface area contributed by atoms with E-state index in [9.17, 15) is 14.7 Å². The topological polar surface area (TPSA) is 92.2 Å². The summed E-state index contributed by atoms with van der Waals surface area (Å²) in [5.41, 5.74) is 6.59. The number of aromatic nitrogens is 2. The number of nitrogens with zero attached hydrogens (tertiary/aromatic N) is 2. The SMILES string of the molecule is CCCc1ccc(C(=O)NC(Cc2ccc(-c3ncc(-c4ccc(C(C)(C)C)cc4)cn3)cc2)C(=O)O)cc1. The van der Waals surface area contributed by atoms with E-state index in [0.717, 1.165) is 40.7 Å². The molecule has 39 heavy (non-hydrogen) atoms. The monoisotopic (exact) mass is 521 g/mol. The molecule has 1 heterocycles. The molecule has 1 amide bonds. The van der Waals surface area contributed by atoms with E-state index in [4.69, 9.17) is 0 Å². The van der Waals surface area contributed by atoms with E-state index in [2.05, 4.69) is 67.2 Å². The van der Waals surface area contributed by atoms with Crippen LogP contribution in [0.2, 0.25) is 0 Å². The van der Waals surface area contributed by atoms with E-state index in [-0.39, 0.29) is 11.8 Å². The maximum atomic E-state index is 12.7. The van der Waals surface area contributed by atoms with Crippen LogP contribution < -0.4 is 5.32 Å². The minimum Gasteiger partial charge on any atom is -0.480 e. The Labute approximate surface area is 230 Å². The van der Waals surface area contributed by atoms with Crippen LogP contribution >= 0.6 is 0 Å². The molecule has 2 N–H and O–H groups in total. The van der Waals surface area contributed by atoms with E-state index < -0.39 is 17.9 Å². The quantitative estimate of drug-likeness (QED) is 0.263. The van der Waals surface area contributed by atoms with Crippen molar-refractivity contribution in [1.29, 1.82) is 0 Å². The van der Waals surface area contributed by atoms with Gasteiger partial charge in [0.15, 0.2) is 5.82 Å². The van der Waals surface area contributed by atoms with E-state index in [0.29, 0.717) is 11.4 Å². The summed E-state index contributed by atoms with van der Waals surface area (Å²) in [5.74, 6) is -0.890. The van der Waals surface area contributed by atoms with Crippen molar-refractivity contribution in [2.45, 2.75) is 58.4 Å². The number of carboxylic acids is 1. The molecule has 0 aliphatic carbocycles. The molecule has 0 saturated heterocycles. The predicted molar refractivity (Wildman–Crippen MR) is 155 cm³/mol. The molecular formula is C33H35N3O3. The third-order valence-electron chi connectivity index (χ3n) is 6.75. The number of nitrogens with one attached hydrogen (secondary N) is 1. The highest BCUT2D eigenvalue weighted by Gasteiger charge is 2.21. The van der Waals surface area contributed by atoms with E-state index in [1.165, 1.54) is 5.56 Å². The fraction of sp³-hybridized carbons (Fsp3) is 0.273. The molecule has 6 heteroatoms. The van der Waals surface area contributed by atoms with Gasteiger partial charge in [-0.15, -0.1) is 0 Å². The van der Waals surface area contributed by atoms with Crippen molar-refractivity contribution >= 4 is 11.9 Å². The predicted octanol–water partition coefficient (Wildman–Crippen LogP) is 6.49. The smallest absolute Gasteiger partial charge is 0.326 e. The van der Waals surface area contributed by atoms with Crippen molar-refractivity contribution in [2.24, 2.45) is 0 Å². The summed E-state index contributed by atoms with van der Waals surface area (Å²) in [6.45, 7) is 8.67. The van der Waals surface area contributed by atoms with Crippen LogP contribution in [0, 0.1) is 0 Å². The van der Waals surface area contributed by atoms with Gasteiger partial charge >= 0.3 is 5.97 Å². The molecule has 0 spiro atoms. The maximum absolute atomic E-state index is 12.7. The Morgan fingerprint density at radius 2 is 1.36 bits per heavy atom. The van der Waals surface area contributed by atoms with Gasteiger partial charge < -0.3 is 10.4 Å². The molecular weight excluding hydrogens is 486 g/mol. The van der Waals surface area contributed by atoms with Crippen LogP contribution in [0.4, 0.5) is 0 Å². The molecule has 0 bridgehead atoms. The lowest BCUT2D eigenvalue weighted by Crippen LogP contribution is -2.42. The summed E-state index contributed by atoms with van der Waals surface area (Å²) >= 11 is 0. The largest absolute Gasteiger partial charge is 0.480 e. The summed E-state index contributed by atoms with van der Waals surface area (Å²) in [4.78, 5) is 33.6. The zero-order valence-corrected chi connectivity index (χ0v) is 22.9. The molecule has 1 atom stereocenters. The van der Waals surface area contributed by atoms with Crippen LogP contribution in [0.25, 0.3) is 22.5 Å². The number of carbonyl (C=O) groups excluding carboxylic acids is 1. The molecule has 0 saturated carbocycles. The Hall–Kier alpha value is -4.32. The molecule has 1 aromatic heterocycles. The van der Waals surface area contributed by atoms with Crippen LogP contribution in [-0.2, 0) is 23.1 Å². The number of aliphatic carboxylic acids is 1. The fourth-order valence-corrected chi connectivity index (χ4v) is 4.37. The molecule has 0 aliphatic rings. The highest BCUT2D eigenvalue weighted by atomic mass is 16.4. The molecule has 0 aliphatic heterocycles. The Morgan fingerprint density at radius 1 is 0.795 bits per heavy atom. The third-order valence-corrected chi connectivity index (χ3v) is 6.75. The van der Waals surface area contributed by atoms with Crippen molar-refractivity contribution in [3.8, 4) is 22.5 Å². The van der Waals surface area contributed by atoms with Gasteiger partial charge in [0, 0.05) is 35.5 Å². The van der Waals surface area contributed by atoms with E-state index in [1.54, 1.807) is 12.1 Å². The molecule has 6 nitrogen and oxygen atoms in total. The number of aryl methyl sites for hydroxylation is 1. The molecule has 4 rings (SSSR count). The average Bonchev–Trinajstić information content (AvgIpc) is 2.93. The second-order valence-corrected chi connectivity index (χ2v) is 10.8. The first-order valence-corrected chi connectivity index (χ1v) is 13.3. The van der Waals surface area contributed by atoms with Gasteiger partial charge in [-0.05, 0) is 46.2 Å². The van der Waals surface area contributed by atoms with Gasteiger partial charge in [-0.2, -0.15) is 0 Å². The number of benzene rings is 3. The third kappa shape index (κ3) is 7.17. The Kier molecular flexibility index (Phi) is 8.55. The van der Waals surface area contributed by atoms with Crippen LogP contribution in [0.5, 0.6) is 0 Å². The van der Waals surface area contributed by atoms with Gasteiger partial charge in [0.2, 0.25) is 0 Å². The summed E-state index contributed by atoms with van der Waals surface area (Å²) in [6, 6.07) is 22.1. The lowest BCUT2D eigenvalue weighted by molar-refractivity contribution is -0.139. The van der Waals surface area contributed by atoms with Crippen LogP contribution in [-0.4, -0.2) is 33.0 Å². The number of carbonyl (C=O) groups is 2. The van der Waals surface area contributed by atoms with Crippen molar-refractivity contribution in [2.75, 3.05) is 0 Å². The van der Waals surface area contributed by atoms with Gasteiger partial charge in [0.05, 0.1) is 0 Å². The van der Waals surface area contributed by atoms with Crippen molar-refractivity contribution in [1.82, 2.24) is 15.3 Å². The highest BCUT2D eigenvalue weighted by Crippen LogP contribution is 2.26. The molecule has 1 unspecified atom stereocenters. The fourth-order valence-electron chi connectivity index (χ4n) is 4.37. The first-order valence-electron chi connectivity index (χ1n) is 13.3. The Bertz CT molecular complexity index is 1400. The number of hydrogen-bond acceptors (Lipinski definition) is 4. The second-order valence-electron chi connectivity index (χ2n) is 10.8. The molecule has 4 aromatic rings. The lowest BCUT2D eigenvalue weighted by Gasteiger charge is -2.19. The minimum absolute atomic E-state index is 0.0987. The lowest BCUT2D eigenvalue weighted by atomic mass is 9.86. The van der Waals surface area contributed by atoms with Gasteiger partial charge in [0.25, 0.3) is 5.91 Å². The normalized spacial score (nSPS) is 12.1. The summed E-state index contributed by atoms with van der Waals surface area (Å²) in [7, 11) is 0. The summed E-state index contributed by atoms with van der Waals surface area (Å²) in [6.07, 6.45) is 5.76. The maximum Gasteiger partial charge on any atom is 0.326 e. The van der Waals surface area contributed by atoms with Crippen molar-refractivity contribution in [3.63, 3.8) is 0 Å². The number of hydrogen-bond donors (Lipinski definition) is 2. The Balaban J connectivity index is 1.40. The van der Waals surface area contributed by atoms with Crippen LogP contribution in [0.3, 0.4) is 0 Å². The Morgan fingerprint density at radius 3 is 1.90 bits per heavy atom. The molecule has 3 aromatic carbocycles. The van der Waals surface area contributed by atoms with E-state index >= 15 is 0 Å². The highest BCUT2D eigenvalue weighted by molar-refractivity contribution is 5.96. The number of rotatable bonds is 9. The van der Waals surface area contributed by atoms with Gasteiger partial charge in [-0.1, -0.05) is 94.8 Å². The van der Waals surface area contributed by atoms with Crippen molar-refractivity contribution in [3.05, 3.63) is 107 Å². The molecule has 200 valence electrons. The average molecular weight is 522 g/mol. The summed E-state index contributed by atoms with van der Waals surface area (Å²) in [5, 5.41) is 12.4. The molecule has 0 fully saturated rings. The minimum atomic E-state index is -1.08. The van der Waals surface area contributed by atoms with Crippen LogP contribution in [0.1, 0.15) is 61.2 Å². The van der Waals surface area contributed by atoms with Gasteiger partial charge in [0.1, 0.15) is 6.04 Å². The number of amides is 1. The first-order chi connectivity index (χ1) is 18.6. The van der Waals surface area contributed by atoms with Gasteiger partial charge in [-0.3, -0.25) is 4.79 Å².